The van der Waals surface area contributed by atoms with E-state index in [1.165, 1.54) is 6.26 Å². The summed E-state index contributed by atoms with van der Waals surface area (Å²) in [5, 5.41) is 0. The molecule has 1 N–H and O–H groups in total. The molecule has 0 radical (unpaired) electrons. The van der Waals surface area contributed by atoms with Crippen molar-refractivity contribution in [1.29, 1.82) is 0 Å². The summed E-state index contributed by atoms with van der Waals surface area (Å²) in [7, 11) is -3.10. The molecule has 1 aliphatic rings. The number of amides is 1. The number of carbonyl (C=O) groups excluding carboxylic acids is 1. The van der Waals surface area contributed by atoms with Crippen LogP contribution >= 0.6 is 0 Å². The Bertz CT molecular complexity index is 603. The summed E-state index contributed by atoms with van der Waals surface area (Å²) in [5.41, 5.74) is 1.89. The lowest BCUT2D eigenvalue weighted by atomic mass is 9.93. The quantitative estimate of drug-likeness (QED) is 0.898. The van der Waals surface area contributed by atoms with Crippen molar-refractivity contribution in [3.8, 4) is 0 Å². The van der Waals surface area contributed by atoms with Gasteiger partial charge in [0.1, 0.15) is 0 Å². The minimum atomic E-state index is -3.10. The Morgan fingerprint density at radius 2 is 1.82 bits per heavy atom. The van der Waals surface area contributed by atoms with Gasteiger partial charge in [-0.1, -0.05) is 17.7 Å². The first-order valence-corrected chi connectivity index (χ1v) is 9.55. The van der Waals surface area contributed by atoms with E-state index in [1.807, 2.05) is 36.1 Å². The van der Waals surface area contributed by atoms with E-state index in [2.05, 4.69) is 4.72 Å². The zero-order valence-corrected chi connectivity index (χ0v) is 14.0. The third-order valence-electron chi connectivity index (χ3n) is 4.12. The van der Waals surface area contributed by atoms with E-state index in [4.69, 9.17) is 0 Å². The molecule has 0 bridgehead atoms. The molecule has 2 rings (SSSR count). The number of likely N-dealkylation sites (tertiary alicyclic amines) is 1. The van der Waals surface area contributed by atoms with Crippen molar-refractivity contribution in [3.63, 3.8) is 0 Å². The number of nitrogens with one attached hydrogen (secondary N) is 1. The van der Waals surface area contributed by atoms with Crippen LogP contribution in [-0.4, -0.2) is 45.1 Å². The van der Waals surface area contributed by atoms with Crippen LogP contribution in [0, 0.1) is 12.8 Å². The van der Waals surface area contributed by atoms with E-state index in [0.29, 0.717) is 12.5 Å². The highest BCUT2D eigenvalue weighted by Gasteiger charge is 2.23. The second-order valence-electron chi connectivity index (χ2n) is 6.06. The van der Waals surface area contributed by atoms with Gasteiger partial charge in [-0.15, -0.1) is 0 Å². The summed E-state index contributed by atoms with van der Waals surface area (Å²) in [4.78, 5) is 14.3. The molecule has 122 valence electrons. The lowest BCUT2D eigenvalue weighted by Gasteiger charge is -2.32. The molecular weight excluding hydrogens is 300 g/mol. The van der Waals surface area contributed by atoms with Crippen LogP contribution in [0.3, 0.4) is 0 Å². The first-order chi connectivity index (χ1) is 10.3. The van der Waals surface area contributed by atoms with Crippen LogP contribution in [-0.2, 0) is 10.0 Å². The van der Waals surface area contributed by atoms with Crippen LogP contribution in [0.1, 0.15) is 35.2 Å². The highest BCUT2D eigenvalue weighted by Crippen LogP contribution is 2.21. The van der Waals surface area contributed by atoms with Gasteiger partial charge in [-0.3, -0.25) is 4.79 Å². The van der Waals surface area contributed by atoms with Crippen molar-refractivity contribution in [2.45, 2.75) is 26.2 Å². The second-order valence-corrected chi connectivity index (χ2v) is 7.89. The standard InChI is InChI=1S/C16H24N2O3S/c1-13-3-5-15(6-4-13)16(19)18-11-8-14(9-12-18)7-10-17-22(2,20)21/h3-6,14,17H,7-12H2,1-2H3. The largest absolute Gasteiger partial charge is 0.339 e. The van der Waals surface area contributed by atoms with Crippen LogP contribution in [0.5, 0.6) is 0 Å². The molecule has 0 saturated carbocycles. The molecule has 5 nitrogen and oxygen atoms in total. The molecule has 1 aromatic rings. The minimum absolute atomic E-state index is 0.0905. The summed E-state index contributed by atoms with van der Waals surface area (Å²) in [5.74, 6) is 0.573. The van der Waals surface area contributed by atoms with Gasteiger partial charge in [-0.2, -0.15) is 0 Å². The lowest BCUT2D eigenvalue weighted by molar-refractivity contribution is 0.0687. The molecule has 1 saturated heterocycles. The molecular formula is C16H24N2O3S. The lowest BCUT2D eigenvalue weighted by Crippen LogP contribution is -2.39. The van der Waals surface area contributed by atoms with Crippen LogP contribution in [0.15, 0.2) is 24.3 Å². The third-order valence-corrected chi connectivity index (χ3v) is 4.85. The van der Waals surface area contributed by atoms with Crippen molar-refractivity contribution in [2.75, 3.05) is 25.9 Å². The Morgan fingerprint density at radius 3 is 2.36 bits per heavy atom. The maximum Gasteiger partial charge on any atom is 0.253 e. The number of nitrogens with zero attached hydrogens (tertiary/aromatic N) is 1. The van der Waals surface area contributed by atoms with Crippen molar-refractivity contribution < 1.29 is 13.2 Å². The first kappa shape index (κ1) is 17.0. The average molecular weight is 324 g/mol. The summed E-state index contributed by atoms with van der Waals surface area (Å²) in [6.45, 7) is 3.98. The van der Waals surface area contributed by atoms with Crippen molar-refractivity contribution in [2.24, 2.45) is 5.92 Å². The molecule has 6 heteroatoms. The predicted octanol–water partition coefficient (Wildman–Crippen LogP) is 1.79. The molecule has 0 aromatic heterocycles. The highest BCUT2D eigenvalue weighted by atomic mass is 32.2. The monoisotopic (exact) mass is 324 g/mol. The van der Waals surface area contributed by atoms with E-state index >= 15 is 0 Å². The molecule has 0 spiro atoms. The zero-order chi connectivity index (χ0) is 16.2. The fourth-order valence-electron chi connectivity index (χ4n) is 2.75. The van der Waals surface area contributed by atoms with Crippen LogP contribution < -0.4 is 4.72 Å². The van der Waals surface area contributed by atoms with Gasteiger partial charge in [0.25, 0.3) is 5.91 Å². The Balaban J connectivity index is 1.79. The van der Waals surface area contributed by atoms with Crippen LogP contribution in [0.25, 0.3) is 0 Å². The molecule has 0 aliphatic carbocycles. The van der Waals surface area contributed by atoms with E-state index in [9.17, 15) is 13.2 Å². The highest BCUT2D eigenvalue weighted by molar-refractivity contribution is 7.88. The number of benzene rings is 1. The molecule has 22 heavy (non-hydrogen) atoms. The fourth-order valence-corrected chi connectivity index (χ4v) is 3.24. The summed E-state index contributed by atoms with van der Waals surface area (Å²) in [6.07, 6.45) is 3.88. The molecule has 0 unspecified atom stereocenters. The molecule has 1 heterocycles. The van der Waals surface area contributed by atoms with Crippen LogP contribution in [0.2, 0.25) is 0 Å². The third kappa shape index (κ3) is 5.10. The first-order valence-electron chi connectivity index (χ1n) is 7.66. The maximum absolute atomic E-state index is 12.4. The van der Waals surface area contributed by atoms with Gasteiger partial charge < -0.3 is 4.90 Å². The second kappa shape index (κ2) is 7.24. The Morgan fingerprint density at radius 1 is 1.23 bits per heavy atom. The zero-order valence-electron chi connectivity index (χ0n) is 13.2. The van der Waals surface area contributed by atoms with Crippen LogP contribution in [0.4, 0.5) is 0 Å². The number of aryl methyl sites for hydroxylation is 1. The summed E-state index contributed by atoms with van der Waals surface area (Å²) in [6, 6.07) is 7.66. The number of rotatable bonds is 5. The number of carbonyl (C=O) groups is 1. The van der Waals surface area contributed by atoms with Crippen molar-refractivity contribution >= 4 is 15.9 Å². The number of hydrogen-bond donors (Lipinski definition) is 1. The molecule has 1 fully saturated rings. The Labute approximate surface area is 132 Å². The molecule has 1 aromatic carbocycles. The number of sulfonamides is 1. The van der Waals surface area contributed by atoms with Gasteiger partial charge in [0.05, 0.1) is 6.26 Å². The Kier molecular flexibility index (Phi) is 5.58. The average Bonchev–Trinajstić information content (AvgIpc) is 2.47. The fraction of sp³-hybridized carbons (Fsp3) is 0.562. The molecule has 0 atom stereocenters. The smallest absolute Gasteiger partial charge is 0.253 e. The van der Waals surface area contributed by atoms with Gasteiger partial charge in [0.15, 0.2) is 0 Å². The van der Waals surface area contributed by atoms with Gasteiger partial charge in [0, 0.05) is 25.2 Å². The number of piperidine rings is 1. The normalized spacial score (nSPS) is 16.7. The molecule has 1 amide bonds. The topological polar surface area (TPSA) is 66.5 Å². The van der Waals surface area contributed by atoms with Gasteiger partial charge >= 0.3 is 0 Å². The molecule has 1 aliphatic heterocycles. The van der Waals surface area contributed by atoms with E-state index < -0.39 is 10.0 Å². The number of hydrogen-bond acceptors (Lipinski definition) is 3. The maximum atomic E-state index is 12.4. The SMILES string of the molecule is Cc1ccc(C(=O)N2CCC(CCNS(C)(=O)=O)CC2)cc1. The van der Waals surface area contributed by atoms with Crippen molar-refractivity contribution in [3.05, 3.63) is 35.4 Å². The van der Waals surface area contributed by atoms with Gasteiger partial charge in [-0.05, 0) is 44.2 Å². The van der Waals surface area contributed by atoms with Crippen molar-refractivity contribution in [1.82, 2.24) is 9.62 Å². The van der Waals surface area contributed by atoms with E-state index in [0.717, 1.165) is 43.5 Å². The van der Waals surface area contributed by atoms with Gasteiger partial charge in [-0.25, -0.2) is 13.1 Å². The van der Waals surface area contributed by atoms with E-state index in [1.54, 1.807) is 0 Å². The summed E-state index contributed by atoms with van der Waals surface area (Å²) < 4.78 is 24.6. The predicted molar refractivity (Wildman–Crippen MR) is 87.3 cm³/mol. The Hall–Kier alpha value is -1.40. The summed E-state index contributed by atoms with van der Waals surface area (Å²) >= 11 is 0. The minimum Gasteiger partial charge on any atom is -0.339 e. The van der Waals surface area contributed by atoms with Gasteiger partial charge in [0.2, 0.25) is 10.0 Å². The van der Waals surface area contributed by atoms with E-state index in [-0.39, 0.29) is 5.91 Å².